The monoisotopic (exact) mass is 406 g/mol. The summed E-state index contributed by atoms with van der Waals surface area (Å²) < 4.78 is 6.22. The lowest BCUT2D eigenvalue weighted by molar-refractivity contribution is -0.139. The SMILES string of the molecule is CCCCCC(CCCCCCCCCC(O)CC(=O)O)OCc1ccccc1. The number of hydrogen-bond acceptors (Lipinski definition) is 3. The van der Waals surface area contributed by atoms with Crippen molar-refractivity contribution >= 4 is 5.97 Å². The van der Waals surface area contributed by atoms with E-state index in [1.54, 1.807) is 0 Å². The van der Waals surface area contributed by atoms with Crippen LogP contribution in [0.4, 0.5) is 0 Å². The third kappa shape index (κ3) is 15.2. The maximum Gasteiger partial charge on any atom is 0.305 e. The molecule has 29 heavy (non-hydrogen) atoms. The zero-order chi connectivity index (χ0) is 21.2. The molecule has 1 aromatic rings. The highest BCUT2D eigenvalue weighted by atomic mass is 16.5. The van der Waals surface area contributed by atoms with Crippen molar-refractivity contribution in [3.63, 3.8) is 0 Å². The number of benzene rings is 1. The predicted molar refractivity (Wildman–Crippen MR) is 119 cm³/mol. The summed E-state index contributed by atoms with van der Waals surface area (Å²) in [6, 6.07) is 10.4. The molecule has 2 unspecified atom stereocenters. The number of unbranched alkanes of at least 4 members (excludes halogenated alkanes) is 8. The summed E-state index contributed by atoms with van der Waals surface area (Å²) in [6.07, 6.45) is 14.4. The number of hydrogen-bond donors (Lipinski definition) is 2. The van der Waals surface area contributed by atoms with E-state index in [0.29, 0.717) is 19.1 Å². The van der Waals surface area contributed by atoms with Gasteiger partial charge in [0.15, 0.2) is 0 Å². The number of rotatable bonds is 19. The van der Waals surface area contributed by atoms with Crippen LogP contribution in [0.25, 0.3) is 0 Å². The molecule has 0 aliphatic rings. The lowest BCUT2D eigenvalue weighted by Crippen LogP contribution is -2.13. The fraction of sp³-hybridized carbons (Fsp3) is 0.720. The van der Waals surface area contributed by atoms with Gasteiger partial charge in [0.05, 0.1) is 25.2 Å². The van der Waals surface area contributed by atoms with E-state index in [2.05, 4.69) is 31.2 Å². The number of aliphatic hydroxyl groups is 1. The zero-order valence-corrected chi connectivity index (χ0v) is 18.4. The largest absolute Gasteiger partial charge is 0.481 e. The van der Waals surface area contributed by atoms with E-state index < -0.39 is 12.1 Å². The Morgan fingerprint density at radius 1 is 0.862 bits per heavy atom. The summed E-state index contributed by atoms with van der Waals surface area (Å²) in [7, 11) is 0. The van der Waals surface area contributed by atoms with Crippen LogP contribution in [-0.4, -0.2) is 28.4 Å². The predicted octanol–water partition coefficient (Wildman–Crippen LogP) is 6.50. The Bertz CT molecular complexity index is 503. The van der Waals surface area contributed by atoms with Crippen LogP contribution in [0.5, 0.6) is 0 Å². The standard InChI is InChI=1S/C25H42O4/c1-2-3-10-18-24(29-21-22-15-11-9-12-16-22)19-14-8-6-4-5-7-13-17-23(26)20-25(27)28/h9,11-12,15-16,23-24,26H,2-8,10,13-14,17-21H2,1H3,(H,27,28). The van der Waals surface area contributed by atoms with Gasteiger partial charge in [0, 0.05) is 0 Å². The van der Waals surface area contributed by atoms with Gasteiger partial charge in [-0.3, -0.25) is 4.79 Å². The van der Waals surface area contributed by atoms with Gasteiger partial charge in [-0.05, 0) is 24.8 Å². The van der Waals surface area contributed by atoms with E-state index >= 15 is 0 Å². The Morgan fingerprint density at radius 2 is 1.41 bits per heavy atom. The van der Waals surface area contributed by atoms with E-state index in [4.69, 9.17) is 9.84 Å². The van der Waals surface area contributed by atoms with Crippen LogP contribution in [0.2, 0.25) is 0 Å². The van der Waals surface area contributed by atoms with Crippen LogP contribution in [0.3, 0.4) is 0 Å². The first-order valence-electron chi connectivity index (χ1n) is 11.7. The molecule has 1 rings (SSSR count). The van der Waals surface area contributed by atoms with Gasteiger partial charge in [-0.25, -0.2) is 0 Å². The summed E-state index contributed by atoms with van der Waals surface area (Å²) in [5.74, 6) is -0.918. The molecule has 0 fully saturated rings. The molecule has 0 radical (unpaired) electrons. The van der Waals surface area contributed by atoms with Crippen molar-refractivity contribution in [1.82, 2.24) is 0 Å². The molecule has 4 nitrogen and oxygen atoms in total. The van der Waals surface area contributed by atoms with Crippen molar-refractivity contribution < 1.29 is 19.7 Å². The molecule has 2 atom stereocenters. The molecule has 0 heterocycles. The normalized spacial score (nSPS) is 13.3. The van der Waals surface area contributed by atoms with Crippen molar-refractivity contribution in [1.29, 1.82) is 0 Å². The number of aliphatic hydroxyl groups excluding tert-OH is 1. The van der Waals surface area contributed by atoms with Crippen LogP contribution in [0.15, 0.2) is 30.3 Å². The Kier molecular flexibility index (Phi) is 15.4. The zero-order valence-electron chi connectivity index (χ0n) is 18.4. The molecule has 166 valence electrons. The van der Waals surface area contributed by atoms with E-state index in [-0.39, 0.29) is 6.42 Å². The molecular weight excluding hydrogens is 364 g/mol. The second kappa shape index (κ2) is 17.5. The van der Waals surface area contributed by atoms with Crippen LogP contribution in [0.1, 0.15) is 102 Å². The molecular formula is C25H42O4. The summed E-state index contributed by atoms with van der Waals surface area (Å²) in [6.45, 7) is 2.96. The number of aliphatic carboxylic acids is 1. The molecule has 2 N–H and O–H groups in total. The number of carboxylic acids is 1. The van der Waals surface area contributed by atoms with Crippen molar-refractivity contribution in [3.8, 4) is 0 Å². The second-order valence-corrected chi connectivity index (χ2v) is 8.22. The van der Waals surface area contributed by atoms with Crippen molar-refractivity contribution in [2.75, 3.05) is 0 Å². The first-order valence-corrected chi connectivity index (χ1v) is 11.7. The highest BCUT2D eigenvalue weighted by molar-refractivity contribution is 5.67. The number of carboxylic acid groups (broad SMARTS) is 1. The Labute approximate surface area is 177 Å². The van der Waals surface area contributed by atoms with Gasteiger partial charge in [0.2, 0.25) is 0 Å². The van der Waals surface area contributed by atoms with Crippen LogP contribution in [0, 0.1) is 0 Å². The minimum Gasteiger partial charge on any atom is -0.481 e. The molecule has 0 saturated heterocycles. The number of ether oxygens (including phenoxy) is 1. The maximum atomic E-state index is 10.5. The van der Waals surface area contributed by atoms with Crippen molar-refractivity contribution in [3.05, 3.63) is 35.9 Å². The summed E-state index contributed by atoms with van der Waals surface area (Å²) in [5.41, 5.74) is 1.25. The van der Waals surface area contributed by atoms with E-state index in [1.807, 2.05) is 6.07 Å². The van der Waals surface area contributed by atoms with Gasteiger partial charge in [0.25, 0.3) is 0 Å². The van der Waals surface area contributed by atoms with Gasteiger partial charge in [-0.1, -0.05) is 101 Å². The van der Waals surface area contributed by atoms with Crippen LogP contribution < -0.4 is 0 Å². The van der Waals surface area contributed by atoms with Crippen molar-refractivity contribution in [2.45, 2.75) is 116 Å². The summed E-state index contributed by atoms with van der Waals surface area (Å²) in [4.78, 5) is 10.5. The molecule has 0 aliphatic heterocycles. The third-order valence-electron chi connectivity index (χ3n) is 5.43. The smallest absolute Gasteiger partial charge is 0.305 e. The molecule has 0 bridgehead atoms. The van der Waals surface area contributed by atoms with Crippen LogP contribution in [-0.2, 0) is 16.1 Å². The third-order valence-corrected chi connectivity index (χ3v) is 5.43. The fourth-order valence-corrected chi connectivity index (χ4v) is 3.66. The molecule has 0 saturated carbocycles. The average Bonchev–Trinajstić information content (AvgIpc) is 2.70. The van der Waals surface area contributed by atoms with Gasteiger partial charge in [-0.2, -0.15) is 0 Å². The van der Waals surface area contributed by atoms with Crippen molar-refractivity contribution in [2.24, 2.45) is 0 Å². The Hall–Kier alpha value is -1.39. The Morgan fingerprint density at radius 3 is 2.00 bits per heavy atom. The minimum absolute atomic E-state index is 0.133. The van der Waals surface area contributed by atoms with Gasteiger partial charge in [-0.15, -0.1) is 0 Å². The van der Waals surface area contributed by atoms with E-state index in [9.17, 15) is 9.90 Å². The first kappa shape index (κ1) is 25.6. The van der Waals surface area contributed by atoms with E-state index in [0.717, 1.165) is 19.3 Å². The molecule has 4 heteroatoms. The second-order valence-electron chi connectivity index (χ2n) is 8.22. The number of carbonyl (C=O) groups is 1. The maximum absolute atomic E-state index is 10.5. The Balaban J connectivity index is 2.08. The summed E-state index contributed by atoms with van der Waals surface area (Å²) >= 11 is 0. The molecule has 1 aromatic carbocycles. The van der Waals surface area contributed by atoms with Gasteiger partial charge >= 0.3 is 5.97 Å². The highest BCUT2D eigenvalue weighted by Crippen LogP contribution is 2.18. The van der Waals surface area contributed by atoms with Gasteiger partial charge in [0.1, 0.15) is 0 Å². The lowest BCUT2D eigenvalue weighted by atomic mass is 10.0. The molecule has 0 amide bonds. The molecule has 0 aromatic heterocycles. The topological polar surface area (TPSA) is 66.8 Å². The molecule has 0 aliphatic carbocycles. The fourth-order valence-electron chi connectivity index (χ4n) is 3.66. The average molecular weight is 407 g/mol. The highest BCUT2D eigenvalue weighted by Gasteiger charge is 2.10. The quantitative estimate of drug-likeness (QED) is 0.257. The van der Waals surface area contributed by atoms with E-state index in [1.165, 1.54) is 63.4 Å². The molecule has 0 spiro atoms. The first-order chi connectivity index (χ1) is 14.1. The van der Waals surface area contributed by atoms with Crippen LogP contribution >= 0.6 is 0 Å². The lowest BCUT2D eigenvalue weighted by Gasteiger charge is -2.18. The minimum atomic E-state index is -0.918. The van der Waals surface area contributed by atoms with Gasteiger partial charge < -0.3 is 14.9 Å². The summed E-state index contributed by atoms with van der Waals surface area (Å²) in [5, 5.41) is 18.2.